The standard InChI is InChI=1S/C39H61N3O3.ClH/c1-6-10-11-12-13-14-15-16-17-18-26-39(32-40,34-21-19-23-36(30-34)43-7-2)27-20-22-35(42-41-5)25-24-33-28-37(44-8-3)31-38(29-33)45-9-4;/h19,21,23,28-31,35H,6-18,20,22,24-27H2,1-5H3;1H/b42-41+;. The molecule has 0 bridgehead atoms. The van der Waals surface area contributed by atoms with Gasteiger partial charge in [-0.2, -0.15) is 15.5 Å². The molecule has 2 aromatic rings. The normalized spacial score (nSPS) is 13.0. The smallest absolute Gasteiger partial charge is 0.123 e. The molecule has 0 heterocycles. The van der Waals surface area contributed by atoms with Crippen molar-refractivity contribution in [2.45, 2.75) is 142 Å². The van der Waals surface area contributed by atoms with Gasteiger partial charge in [-0.05, 0) is 94.7 Å². The van der Waals surface area contributed by atoms with E-state index in [0.29, 0.717) is 19.8 Å². The Bertz CT molecular complexity index is 1110. The molecule has 258 valence electrons. The minimum atomic E-state index is -0.528. The molecule has 0 aromatic heterocycles. The number of ether oxygens (including phenoxy) is 3. The summed E-state index contributed by atoms with van der Waals surface area (Å²) in [6.45, 7) is 10.1. The fourth-order valence-corrected chi connectivity index (χ4v) is 6.23. The Morgan fingerprint density at radius 3 is 1.83 bits per heavy atom. The second kappa shape index (κ2) is 25.3. The first-order chi connectivity index (χ1) is 22.0. The Morgan fingerprint density at radius 2 is 1.26 bits per heavy atom. The van der Waals surface area contributed by atoms with Crippen LogP contribution in [0.1, 0.15) is 135 Å². The molecule has 0 aliphatic rings. The number of unbranched alkanes of at least 4 members (excludes halogenated alkanes) is 9. The maximum absolute atomic E-state index is 10.7. The molecule has 0 saturated carbocycles. The Balaban J connectivity index is 0.0000106. The second-order valence-corrected chi connectivity index (χ2v) is 12.2. The maximum Gasteiger partial charge on any atom is 0.123 e. The van der Waals surface area contributed by atoms with Crippen molar-refractivity contribution < 1.29 is 14.2 Å². The summed E-state index contributed by atoms with van der Waals surface area (Å²) >= 11 is 0. The summed E-state index contributed by atoms with van der Waals surface area (Å²) in [7, 11) is 1.75. The molecular formula is C39H62ClN3O3. The highest BCUT2D eigenvalue weighted by molar-refractivity contribution is 5.85. The average molecular weight is 656 g/mol. The van der Waals surface area contributed by atoms with Crippen LogP contribution in [-0.4, -0.2) is 32.9 Å². The first-order valence-electron chi connectivity index (χ1n) is 17.9. The van der Waals surface area contributed by atoms with Crippen LogP contribution in [0.4, 0.5) is 0 Å². The highest BCUT2D eigenvalue weighted by Crippen LogP contribution is 2.37. The lowest BCUT2D eigenvalue weighted by molar-refractivity contribution is 0.322. The zero-order chi connectivity index (χ0) is 32.6. The van der Waals surface area contributed by atoms with E-state index in [9.17, 15) is 5.26 Å². The van der Waals surface area contributed by atoms with Gasteiger partial charge in [0.1, 0.15) is 17.2 Å². The number of rotatable bonds is 26. The van der Waals surface area contributed by atoms with Crippen molar-refractivity contribution >= 4 is 12.4 Å². The van der Waals surface area contributed by atoms with Gasteiger partial charge in [0.15, 0.2) is 0 Å². The van der Waals surface area contributed by atoms with Crippen LogP contribution in [0.25, 0.3) is 0 Å². The van der Waals surface area contributed by atoms with Gasteiger partial charge in [-0.1, -0.05) is 83.3 Å². The lowest BCUT2D eigenvalue weighted by Gasteiger charge is -2.28. The molecule has 2 unspecified atom stereocenters. The molecule has 0 amide bonds. The first kappa shape index (κ1) is 41.2. The summed E-state index contributed by atoms with van der Waals surface area (Å²) in [5.41, 5.74) is 1.73. The van der Waals surface area contributed by atoms with E-state index < -0.39 is 5.41 Å². The number of halogens is 1. The van der Waals surface area contributed by atoms with Gasteiger partial charge in [0.2, 0.25) is 0 Å². The number of nitrogens with zero attached hydrogens (tertiary/aromatic N) is 3. The number of benzene rings is 2. The monoisotopic (exact) mass is 655 g/mol. The first-order valence-corrected chi connectivity index (χ1v) is 17.9. The van der Waals surface area contributed by atoms with Gasteiger partial charge < -0.3 is 14.2 Å². The number of aryl methyl sites for hydroxylation is 1. The Labute approximate surface area is 287 Å². The molecule has 7 heteroatoms. The average Bonchev–Trinajstić information content (AvgIpc) is 3.04. The van der Waals surface area contributed by atoms with E-state index in [-0.39, 0.29) is 18.4 Å². The fraction of sp³-hybridized carbons (Fsp3) is 0.667. The molecule has 0 N–H and O–H groups in total. The van der Waals surface area contributed by atoms with E-state index in [1.54, 1.807) is 7.05 Å². The van der Waals surface area contributed by atoms with Crippen LogP contribution in [0, 0.1) is 11.3 Å². The SMILES string of the molecule is CCCCCCCCCCCCC(C#N)(CCCC(CCc1cc(OCC)cc(OCC)c1)/N=N/C)c1cccc(OCC)c1.Cl. The molecule has 2 rings (SSSR count). The molecular weight excluding hydrogens is 594 g/mol. The van der Waals surface area contributed by atoms with Crippen LogP contribution in [0.5, 0.6) is 17.2 Å². The molecule has 2 aromatic carbocycles. The van der Waals surface area contributed by atoms with Crippen LogP contribution in [0.15, 0.2) is 52.7 Å². The van der Waals surface area contributed by atoms with Crippen molar-refractivity contribution in [3.8, 4) is 23.3 Å². The summed E-state index contributed by atoms with van der Waals surface area (Å²) < 4.78 is 17.4. The van der Waals surface area contributed by atoms with Crippen molar-refractivity contribution in [1.82, 2.24) is 0 Å². The van der Waals surface area contributed by atoms with Crippen molar-refractivity contribution in [1.29, 1.82) is 5.26 Å². The van der Waals surface area contributed by atoms with Crippen LogP contribution in [0.2, 0.25) is 0 Å². The lowest BCUT2D eigenvalue weighted by atomic mass is 9.73. The minimum absolute atomic E-state index is 0. The summed E-state index contributed by atoms with van der Waals surface area (Å²) in [5.74, 6) is 2.52. The topological polar surface area (TPSA) is 76.2 Å². The largest absolute Gasteiger partial charge is 0.494 e. The van der Waals surface area contributed by atoms with Gasteiger partial charge in [0, 0.05) is 13.1 Å². The van der Waals surface area contributed by atoms with E-state index in [1.807, 2.05) is 39.0 Å². The molecule has 0 fully saturated rings. The van der Waals surface area contributed by atoms with Crippen molar-refractivity contribution in [3.05, 3.63) is 53.6 Å². The predicted octanol–water partition coefficient (Wildman–Crippen LogP) is 11.6. The highest BCUT2D eigenvalue weighted by atomic mass is 35.5. The highest BCUT2D eigenvalue weighted by Gasteiger charge is 2.32. The number of azo groups is 1. The van der Waals surface area contributed by atoms with Crippen LogP contribution >= 0.6 is 12.4 Å². The zero-order valence-corrected chi connectivity index (χ0v) is 30.3. The van der Waals surface area contributed by atoms with Crippen LogP contribution in [0.3, 0.4) is 0 Å². The third-order valence-corrected chi connectivity index (χ3v) is 8.62. The summed E-state index contributed by atoms with van der Waals surface area (Å²) in [6, 6.07) is 17.3. The molecule has 2 atom stereocenters. The molecule has 0 spiro atoms. The van der Waals surface area contributed by atoms with Gasteiger partial charge in [-0.15, -0.1) is 12.4 Å². The van der Waals surface area contributed by atoms with Gasteiger partial charge in [0.05, 0.1) is 37.3 Å². The third kappa shape index (κ3) is 15.7. The number of hydrogen-bond acceptors (Lipinski definition) is 6. The predicted molar refractivity (Wildman–Crippen MR) is 194 cm³/mol. The second-order valence-electron chi connectivity index (χ2n) is 12.2. The Kier molecular flexibility index (Phi) is 22.7. The van der Waals surface area contributed by atoms with Crippen molar-refractivity contribution in [3.63, 3.8) is 0 Å². The molecule has 0 radical (unpaired) electrons. The van der Waals surface area contributed by atoms with Crippen molar-refractivity contribution in [2.75, 3.05) is 26.9 Å². The van der Waals surface area contributed by atoms with E-state index in [1.165, 1.54) is 63.4 Å². The van der Waals surface area contributed by atoms with Gasteiger partial charge >= 0.3 is 0 Å². The zero-order valence-electron chi connectivity index (χ0n) is 29.5. The molecule has 0 aliphatic carbocycles. The summed E-state index contributed by atoms with van der Waals surface area (Å²) in [4.78, 5) is 0. The number of nitriles is 1. The van der Waals surface area contributed by atoms with E-state index in [2.05, 4.69) is 47.5 Å². The van der Waals surface area contributed by atoms with Crippen molar-refractivity contribution in [2.24, 2.45) is 10.2 Å². The Hall–Kier alpha value is -2.78. The van der Waals surface area contributed by atoms with Crippen LogP contribution < -0.4 is 14.2 Å². The Morgan fingerprint density at radius 1 is 0.696 bits per heavy atom. The minimum Gasteiger partial charge on any atom is -0.494 e. The summed E-state index contributed by atoms with van der Waals surface area (Å²) in [5, 5.41) is 19.5. The van der Waals surface area contributed by atoms with E-state index >= 15 is 0 Å². The van der Waals surface area contributed by atoms with Crippen LogP contribution in [-0.2, 0) is 11.8 Å². The molecule has 6 nitrogen and oxygen atoms in total. The van der Waals surface area contributed by atoms with Gasteiger partial charge in [-0.3, -0.25) is 0 Å². The van der Waals surface area contributed by atoms with E-state index in [0.717, 1.165) is 67.8 Å². The molecule has 0 saturated heterocycles. The lowest BCUT2D eigenvalue weighted by Crippen LogP contribution is -2.25. The summed E-state index contributed by atoms with van der Waals surface area (Å²) in [6.07, 6.45) is 18.1. The van der Waals surface area contributed by atoms with E-state index in [4.69, 9.17) is 14.2 Å². The quantitative estimate of drug-likeness (QED) is 0.0746. The molecule has 46 heavy (non-hydrogen) atoms. The number of hydrogen-bond donors (Lipinski definition) is 0. The van der Waals surface area contributed by atoms with Gasteiger partial charge in [0.25, 0.3) is 0 Å². The maximum atomic E-state index is 10.7. The molecule has 0 aliphatic heterocycles. The van der Waals surface area contributed by atoms with Gasteiger partial charge in [-0.25, -0.2) is 0 Å². The fourth-order valence-electron chi connectivity index (χ4n) is 6.23. The third-order valence-electron chi connectivity index (χ3n) is 8.62.